The largest absolute Gasteiger partial charge is 0.454 e. The van der Waals surface area contributed by atoms with E-state index in [0.717, 1.165) is 11.6 Å². The van der Waals surface area contributed by atoms with Gasteiger partial charge in [0.05, 0.1) is 0 Å². The van der Waals surface area contributed by atoms with Gasteiger partial charge in [0.25, 0.3) is 0 Å². The summed E-state index contributed by atoms with van der Waals surface area (Å²) in [6, 6.07) is 7.43. The Bertz CT molecular complexity index is 637. The van der Waals surface area contributed by atoms with Crippen LogP contribution in [0, 0.1) is 11.6 Å². The molecule has 2 rings (SSSR count). The SMILES string of the molecule is CNCc1ccc(Cl)cc1Oc1cc(Br)cc(F)c1F. The molecule has 0 heterocycles. The van der Waals surface area contributed by atoms with Gasteiger partial charge in [0.2, 0.25) is 5.82 Å². The number of ether oxygens (including phenoxy) is 1. The van der Waals surface area contributed by atoms with Gasteiger partial charge < -0.3 is 10.1 Å². The Balaban J connectivity index is 2.41. The van der Waals surface area contributed by atoms with Crippen LogP contribution in [-0.2, 0) is 6.54 Å². The van der Waals surface area contributed by atoms with Crippen molar-refractivity contribution in [3.05, 3.63) is 57.0 Å². The highest BCUT2D eigenvalue weighted by Gasteiger charge is 2.14. The lowest BCUT2D eigenvalue weighted by molar-refractivity contribution is 0.411. The zero-order chi connectivity index (χ0) is 14.7. The number of nitrogens with one attached hydrogen (secondary N) is 1. The van der Waals surface area contributed by atoms with Gasteiger partial charge in [0.1, 0.15) is 5.75 Å². The molecule has 2 aromatic rings. The van der Waals surface area contributed by atoms with E-state index < -0.39 is 11.6 Å². The Labute approximate surface area is 128 Å². The van der Waals surface area contributed by atoms with Gasteiger partial charge in [0.15, 0.2) is 11.6 Å². The highest BCUT2D eigenvalue weighted by Crippen LogP contribution is 2.32. The van der Waals surface area contributed by atoms with Crippen LogP contribution in [0.1, 0.15) is 5.56 Å². The molecule has 0 bridgehead atoms. The summed E-state index contributed by atoms with van der Waals surface area (Å²) >= 11 is 9.01. The summed E-state index contributed by atoms with van der Waals surface area (Å²) in [7, 11) is 1.78. The van der Waals surface area contributed by atoms with Gasteiger partial charge in [-0.3, -0.25) is 0 Å². The molecule has 0 aliphatic rings. The quantitative estimate of drug-likeness (QED) is 0.782. The summed E-state index contributed by atoms with van der Waals surface area (Å²) in [4.78, 5) is 0. The molecule has 0 unspecified atom stereocenters. The molecule has 0 spiro atoms. The van der Waals surface area contributed by atoms with Crippen molar-refractivity contribution in [1.29, 1.82) is 0 Å². The molecule has 0 aliphatic carbocycles. The van der Waals surface area contributed by atoms with Crippen molar-refractivity contribution in [2.24, 2.45) is 0 Å². The van der Waals surface area contributed by atoms with Crippen molar-refractivity contribution >= 4 is 27.5 Å². The first-order valence-corrected chi connectivity index (χ1v) is 6.93. The lowest BCUT2D eigenvalue weighted by atomic mass is 10.2. The molecule has 0 amide bonds. The maximum Gasteiger partial charge on any atom is 0.201 e. The van der Waals surface area contributed by atoms with Gasteiger partial charge in [-0.05, 0) is 31.3 Å². The van der Waals surface area contributed by atoms with E-state index in [1.165, 1.54) is 6.07 Å². The number of benzene rings is 2. The van der Waals surface area contributed by atoms with Crippen molar-refractivity contribution in [1.82, 2.24) is 5.32 Å². The first-order chi connectivity index (χ1) is 9.51. The van der Waals surface area contributed by atoms with Crippen LogP contribution in [0.2, 0.25) is 5.02 Å². The van der Waals surface area contributed by atoms with Crippen molar-refractivity contribution < 1.29 is 13.5 Å². The van der Waals surface area contributed by atoms with Gasteiger partial charge in [-0.1, -0.05) is 33.6 Å². The number of halogens is 4. The van der Waals surface area contributed by atoms with Gasteiger partial charge in [0, 0.05) is 21.6 Å². The van der Waals surface area contributed by atoms with Gasteiger partial charge in [-0.15, -0.1) is 0 Å². The fraction of sp³-hybridized carbons (Fsp3) is 0.143. The van der Waals surface area contributed by atoms with E-state index in [2.05, 4.69) is 21.2 Å². The van der Waals surface area contributed by atoms with E-state index >= 15 is 0 Å². The van der Waals surface area contributed by atoms with Crippen LogP contribution in [0.4, 0.5) is 8.78 Å². The first-order valence-electron chi connectivity index (χ1n) is 5.76. The molecule has 0 atom stereocenters. The van der Waals surface area contributed by atoms with E-state index in [1.54, 1.807) is 25.2 Å². The zero-order valence-electron chi connectivity index (χ0n) is 10.5. The topological polar surface area (TPSA) is 21.3 Å². The van der Waals surface area contributed by atoms with Crippen LogP contribution in [0.3, 0.4) is 0 Å². The Hall–Kier alpha value is -1.17. The van der Waals surface area contributed by atoms with E-state index in [9.17, 15) is 8.78 Å². The number of hydrogen-bond donors (Lipinski definition) is 1. The number of hydrogen-bond acceptors (Lipinski definition) is 2. The first kappa shape index (κ1) is 15.2. The van der Waals surface area contributed by atoms with Crippen LogP contribution in [0.15, 0.2) is 34.8 Å². The molecule has 0 aromatic heterocycles. The second-order valence-corrected chi connectivity index (χ2v) is 5.44. The normalized spacial score (nSPS) is 10.7. The summed E-state index contributed by atoms with van der Waals surface area (Å²) in [5.74, 6) is -1.84. The second-order valence-electron chi connectivity index (χ2n) is 4.08. The molecule has 6 heteroatoms. The maximum absolute atomic E-state index is 13.7. The standard InChI is InChI=1S/C14H11BrClF2NO/c1-19-7-8-2-3-10(16)6-12(8)20-13-5-9(15)4-11(17)14(13)18/h2-6,19H,7H2,1H3. The molecule has 0 fully saturated rings. The maximum atomic E-state index is 13.7. The highest BCUT2D eigenvalue weighted by atomic mass is 79.9. The summed E-state index contributed by atoms with van der Waals surface area (Å²) in [5, 5.41) is 3.42. The summed E-state index contributed by atoms with van der Waals surface area (Å²) in [6.45, 7) is 0.518. The lowest BCUT2D eigenvalue weighted by Gasteiger charge is -2.12. The zero-order valence-corrected chi connectivity index (χ0v) is 12.9. The monoisotopic (exact) mass is 361 g/mol. The van der Waals surface area contributed by atoms with Crippen molar-refractivity contribution in [3.63, 3.8) is 0 Å². The van der Waals surface area contributed by atoms with E-state index in [-0.39, 0.29) is 5.75 Å². The Morgan fingerprint density at radius 2 is 1.95 bits per heavy atom. The molecule has 0 saturated carbocycles. The molecule has 0 aliphatic heterocycles. The Kier molecular flexibility index (Phi) is 4.96. The molecular weight excluding hydrogens is 352 g/mol. The van der Waals surface area contributed by atoms with E-state index in [4.69, 9.17) is 16.3 Å². The van der Waals surface area contributed by atoms with Gasteiger partial charge >= 0.3 is 0 Å². The molecular formula is C14H11BrClF2NO. The number of rotatable bonds is 4. The molecule has 1 N–H and O–H groups in total. The minimum atomic E-state index is -1.04. The van der Waals surface area contributed by atoms with E-state index in [0.29, 0.717) is 21.8 Å². The minimum Gasteiger partial charge on any atom is -0.454 e. The summed E-state index contributed by atoms with van der Waals surface area (Å²) in [5.41, 5.74) is 0.789. The van der Waals surface area contributed by atoms with Crippen LogP contribution in [0.5, 0.6) is 11.5 Å². The summed E-state index contributed by atoms with van der Waals surface area (Å²) in [6.07, 6.45) is 0. The molecule has 2 aromatic carbocycles. The highest BCUT2D eigenvalue weighted by molar-refractivity contribution is 9.10. The lowest BCUT2D eigenvalue weighted by Crippen LogP contribution is -2.06. The minimum absolute atomic E-state index is 0.198. The molecule has 0 saturated heterocycles. The van der Waals surface area contributed by atoms with Crippen LogP contribution >= 0.6 is 27.5 Å². The fourth-order valence-corrected chi connectivity index (χ4v) is 2.26. The smallest absolute Gasteiger partial charge is 0.201 e. The fourth-order valence-electron chi connectivity index (χ4n) is 1.68. The van der Waals surface area contributed by atoms with Crippen LogP contribution in [-0.4, -0.2) is 7.05 Å². The molecule has 2 nitrogen and oxygen atoms in total. The third-order valence-electron chi connectivity index (χ3n) is 2.58. The molecule has 20 heavy (non-hydrogen) atoms. The predicted molar refractivity (Wildman–Crippen MR) is 78.3 cm³/mol. The van der Waals surface area contributed by atoms with Crippen LogP contribution in [0.25, 0.3) is 0 Å². The van der Waals surface area contributed by atoms with Crippen molar-refractivity contribution in [2.75, 3.05) is 7.05 Å². The van der Waals surface area contributed by atoms with Gasteiger partial charge in [-0.25, -0.2) is 4.39 Å². The third-order valence-corrected chi connectivity index (χ3v) is 3.27. The average molecular weight is 363 g/mol. The average Bonchev–Trinajstić information content (AvgIpc) is 2.38. The van der Waals surface area contributed by atoms with Gasteiger partial charge in [-0.2, -0.15) is 4.39 Å². The predicted octanol–water partition coefficient (Wildman–Crippen LogP) is 4.89. The Morgan fingerprint density at radius 1 is 1.20 bits per heavy atom. The van der Waals surface area contributed by atoms with E-state index in [1.807, 2.05) is 0 Å². The van der Waals surface area contributed by atoms with Crippen LogP contribution < -0.4 is 10.1 Å². The second kappa shape index (κ2) is 6.52. The third kappa shape index (κ3) is 3.48. The Morgan fingerprint density at radius 3 is 2.65 bits per heavy atom. The molecule has 106 valence electrons. The van der Waals surface area contributed by atoms with Crippen molar-refractivity contribution in [3.8, 4) is 11.5 Å². The molecule has 0 radical (unpaired) electrons. The summed E-state index contributed by atoms with van der Waals surface area (Å²) < 4.78 is 32.9. The van der Waals surface area contributed by atoms with Crippen molar-refractivity contribution in [2.45, 2.75) is 6.54 Å².